The summed E-state index contributed by atoms with van der Waals surface area (Å²) in [5.74, 6) is -2.14. The third-order valence-electron chi connectivity index (χ3n) is 4.74. The second kappa shape index (κ2) is 6.11. The van der Waals surface area contributed by atoms with Crippen molar-refractivity contribution in [2.75, 3.05) is 0 Å². The molecular formula is C18H21N3O3. The van der Waals surface area contributed by atoms with E-state index in [4.69, 9.17) is 5.11 Å². The monoisotopic (exact) mass is 327 g/mol. The predicted octanol–water partition coefficient (Wildman–Crippen LogP) is 1.90. The van der Waals surface area contributed by atoms with Crippen LogP contribution in [-0.4, -0.2) is 26.8 Å². The van der Waals surface area contributed by atoms with E-state index in [9.17, 15) is 9.59 Å². The molecule has 1 aliphatic rings. The van der Waals surface area contributed by atoms with Crippen molar-refractivity contribution in [3.63, 3.8) is 0 Å². The molecule has 24 heavy (non-hydrogen) atoms. The molecule has 1 fully saturated rings. The van der Waals surface area contributed by atoms with Crippen LogP contribution in [0.4, 0.5) is 0 Å². The minimum Gasteiger partial charge on any atom is -0.481 e. The first kappa shape index (κ1) is 16.2. The van der Waals surface area contributed by atoms with Gasteiger partial charge in [0.15, 0.2) is 0 Å². The molecule has 0 aliphatic heterocycles. The van der Waals surface area contributed by atoms with E-state index in [1.54, 1.807) is 6.20 Å². The van der Waals surface area contributed by atoms with Crippen LogP contribution in [-0.2, 0) is 22.7 Å². The van der Waals surface area contributed by atoms with E-state index in [1.807, 2.05) is 55.1 Å². The van der Waals surface area contributed by atoms with Gasteiger partial charge >= 0.3 is 5.97 Å². The molecular weight excluding hydrogens is 306 g/mol. The number of amides is 1. The zero-order valence-corrected chi connectivity index (χ0v) is 13.8. The molecule has 0 unspecified atom stereocenters. The van der Waals surface area contributed by atoms with Gasteiger partial charge in [0.1, 0.15) is 0 Å². The van der Waals surface area contributed by atoms with Crippen molar-refractivity contribution >= 4 is 11.9 Å². The quantitative estimate of drug-likeness (QED) is 0.849. The van der Waals surface area contributed by atoms with Crippen LogP contribution < -0.4 is 5.32 Å². The smallest absolute Gasteiger partial charge is 0.307 e. The summed E-state index contributed by atoms with van der Waals surface area (Å²) in [7, 11) is 0. The van der Waals surface area contributed by atoms with Crippen molar-refractivity contribution in [2.45, 2.75) is 26.9 Å². The fourth-order valence-electron chi connectivity index (χ4n) is 3.31. The lowest BCUT2D eigenvalue weighted by Crippen LogP contribution is -2.26. The zero-order chi connectivity index (χ0) is 17.3. The van der Waals surface area contributed by atoms with Crippen LogP contribution >= 0.6 is 0 Å². The lowest BCUT2D eigenvalue weighted by atomic mass is 10.1. The molecule has 1 aromatic carbocycles. The van der Waals surface area contributed by atoms with Gasteiger partial charge in [-0.05, 0) is 22.6 Å². The molecule has 2 N–H and O–H groups in total. The normalized spacial score (nSPS) is 21.2. The number of aliphatic carboxylic acids is 1. The lowest BCUT2D eigenvalue weighted by Gasteiger charge is -2.08. The van der Waals surface area contributed by atoms with Crippen LogP contribution in [0.2, 0.25) is 0 Å². The minimum atomic E-state index is -0.902. The highest BCUT2D eigenvalue weighted by Crippen LogP contribution is 2.58. The van der Waals surface area contributed by atoms with Crippen molar-refractivity contribution in [3.05, 3.63) is 53.9 Å². The Kier molecular flexibility index (Phi) is 4.13. The van der Waals surface area contributed by atoms with Crippen molar-refractivity contribution < 1.29 is 14.7 Å². The van der Waals surface area contributed by atoms with Crippen LogP contribution in [0.25, 0.3) is 0 Å². The molecule has 2 aromatic rings. The molecule has 3 rings (SSSR count). The molecule has 126 valence electrons. The molecule has 1 aliphatic carbocycles. The number of carboxylic acids is 1. The maximum Gasteiger partial charge on any atom is 0.307 e. The summed E-state index contributed by atoms with van der Waals surface area (Å²) >= 11 is 0. The zero-order valence-electron chi connectivity index (χ0n) is 13.8. The number of carboxylic acid groups (broad SMARTS) is 1. The Balaban J connectivity index is 1.59. The van der Waals surface area contributed by atoms with Gasteiger partial charge in [-0.15, -0.1) is 0 Å². The Labute approximate surface area is 140 Å². The Morgan fingerprint density at radius 2 is 2.00 bits per heavy atom. The van der Waals surface area contributed by atoms with Gasteiger partial charge in [-0.3, -0.25) is 14.3 Å². The summed E-state index contributed by atoms with van der Waals surface area (Å²) in [6.45, 7) is 4.71. The highest BCUT2D eigenvalue weighted by atomic mass is 16.4. The number of carbonyl (C=O) groups is 2. The van der Waals surface area contributed by atoms with Gasteiger partial charge in [0.05, 0.1) is 18.4 Å². The summed E-state index contributed by atoms with van der Waals surface area (Å²) in [5.41, 5.74) is 1.61. The summed E-state index contributed by atoms with van der Waals surface area (Å²) < 4.78 is 1.84. The van der Waals surface area contributed by atoms with Crippen molar-refractivity contribution in [1.82, 2.24) is 15.1 Å². The molecule has 0 saturated heterocycles. The summed E-state index contributed by atoms with van der Waals surface area (Å²) in [6.07, 6.45) is 3.63. The first-order valence-electron chi connectivity index (χ1n) is 7.95. The molecule has 1 amide bonds. The summed E-state index contributed by atoms with van der Waals surface area (Å²) in [6, 6.07) is 9.80. The number of hydrogen-bond acceptors (Lipinski definition) is 3. The second-order valence-electron chi connectivity index (χ2n) is 6.86. The molecule has 0 radical (unpaired) electrons. The number of nitrogens with zero attached hydrogens (tertiary/aromatic N) is 2. The largest absolute Gasteiger partial charge is 0.481 e. The topological polar surface area (TPSA) is 84.2 Å². The first-order valence-corrected chi connectivity index (χ1v) is 7.95. The van der Waals surface area contributed by atoms with Crippen LogP contribution in [0.5, 0.6) is 0 Å². The van der Waals surface area contributed by atoms with E-state index in [0.717, 1.165) is 11.1 Å². The number of benzene rings is 1. The molecule has 1 heterocycles. The van der Waals surface area contributed by atoms with Gasteiger partial charge in [-0.2, -0.15) is 5.10 Å². The maximum absolute atomic E-state index is 12.3. The van der Waals surface area contributed by atoms with Crippen LogP contribution in [0.1, 0.15) is 25.0 Å². The van der Waals surface area contributed by atoms with Crippen LogP contribution in [0.3, 0.4) is 0 Å². The molecule has 0 bridgehead atoms. The van der Waals surface area contributed by atoms with E-state index in [-0.39, 0.29) is 5.91 Å². The van der Waals surface area contributed by atoms with E-state index in [0.29, 0.717) is 13.1 Å². The number of aromatic nitrogens is 2. The Bertz CT molecular complexity index is 753. The molecule has 6 heteroatoms. The Hall–Kier alpha value is -2.63. The third-order valence-corrected chi connectivity index (χ3v) is 4.74. The van der Waals surface area contributed by atoms with Crippen LogP contribution in [0, 0.1) is 17.3 Å². The highest BCUT2D eigenvalue weighted by molar-refractivity contribution is 5.91. The molecule has 6 nitrogen and oxygen atoms in total. The van der Waals surface area contributed by atoms with Gasteiger partial charge in [0.2, 0.25) is 5.91 Å². The number of hydrogen-bond donors (Lipinski definition) is 2. The summed E-state index contributed by atoms with van der Waals surface area (Å²) in [5, 5.41) is 16.2. The fourth-order valence-corrected chi connectivity index (χ4v) is 3.31. The number of nitrogens with one attached hydrogen (secondary N) is 1. The minimum absolute atomic E-state index is 0.190. The predicted molar refractivity (Wildman–Crippen MR) is 88.0 cm³/mol. The molecule has 1 saturated carbocycles. The van der Waals surface area contributed by atoms with Gasteiger partial charge in [-0.1, -0.05) is 38.1 Å². The van der Waals surface area contributed by atoms with E-state index >= 15 is 0 Å². The van der Waals surface area contributed by atoms with Crippen molar-refractivity contribution in [2.24, 2.45) is 17.3 Å². The third kappa shape index (κ3) is 3.18. The van der Waals surface area contributed by atoms with Gasteiger partial charge in [0.25, 0.3) is 0 Å². The SMILES string of the molecule is CC1(C)[C@H](C(=O)O)[C@@H]1C(=O)NCc1cccc(Cn2cccn2)c1. The fraction of sp³-hybridized carbons (Fsp3) is 0.389. The van der Waals surface area contributed by atoms with E-state index < -0.39 is 23.2 Å². The standard InChI is InChI=1S/C18H21N3O3/c1-18(2)14(15(18)17(23)24)16(22)19-10-12-5-3-6-13(9-12)11-21-8-4-7-20-21/h3-9,14-15H,10-11H2,1-2H3,(H,19,22)(H,23,24)/t14-,15+/m1/s1. The van der Waals surface area contributed by atoms with Crippen LogP contribution in [0.15, 0.2) is 42.7 Å². The molecule has 0 spiro atoms. The highest BCUT2D eigenvalue weighted by Gasteiger charge is 2.65. The van der Waals surface area contributed by atoms with Gasteiger partial charge in [-0.25, -0.2) is 0 Å². The second-order valence-corrected chi connectivity index (χ2v) is 6.86. The molecule has 1 aromatic heterocycles. The molecule has 2 atom stereocenters. The Morgan fingerprint density at radius 1 is 1.25 bits per heavy atom. The number of rotatable bonds is 6. The van der Waals surface area contributed by atoms with E-state index in [2.05, 4.69) is 10.4 Å². The van der Waals surface area contributed by atoms with Crippen molar-refractivity contribution in [3.8, 4) is 0 Å². The Morgan fingerprint density at radius 3 is 2.62 bits per heavy atom. The average molecular weight is 327 g/mol. The summed E-state index contributed by atoms with van der Waals surface area (Å²) in [4.78, 5) is 23.4. The lowest BCUT2D eigenvalue weighted by molar-refractivity contribution is -0.140. The van der Waals surface area contributed by atoms with E-state index in [1.165, 1.54) is 0 Å². The average Bonchev–Trinajstić information content (AvgIpc) is 2.85. The van der Waals surface area contributed by atoms with Gasteiger partial charge in [0, 0.05) is 18.9 Å². The maximum atomic E-state index is 12.3. The first-order chi connectivity index (χ1) is 11.4. The number of carbonyl (C=O) groups excluding carboxylic acids is 1. The van der Waals surface area contributed by atoms with Crippen molar-refractivity contribution in [1.29, 1.82) is 0 Å². The van der Waals surface area contributed by atoms with Gasteiger partial charge < -0.3 is 10.4 Å².